The number of hydrogen-bond acceptors (Lipinski definition) is 3. The molecule has 102 valence electrons. The van der Waals surface area contributed by atoms with Gasteiger partial charge in [0.05, 0.1) is 10.6 Å². The summed E-state index contributed by atoms with van der Waals surface area (Å²) in [6.45, 7) is 1.73. The molecule has 0 aliphatic heterocycles. The van der Waals surface area contributed by atoms with Crippen LogP contribution in [0.15, 0.2) is 46.9 Å². The molecule has 0 saturated carbocycles. The van der Waals surface area contributed by atoms with Gasteiger partial charge >= 0.3 is 0 Å². The van der Waals surface area contributed by atoms with Crippen LogP contribution in [0, 0.1) is 17.0 Å². The summed E-state index contributed by atoms with van der Waals surface area (Å²) in [7, 11) is 0. The van der Waals surface area contributed by atoms with E-state index in [0.29, 0.717) is 11.3 Å². The number of anilines is 1. The molecule has 0 aromatic heterocycles. The molecule has 0 aliphatic carbocycles. The number of carbonyl (C=O) groups is 1. The molecule has 20 heavy (non-hydrogen) atoms. The molecule has 0 saturated heterocycles. The number of aryl methyl sites for hydroxylation is 1. The molecule has 2 aromatic rings. The number of hydrogen-bond donors (Lipinski definition) is 1. The zero-order chi connectivity index (χ0) is 14.7. The summed E-state index contributed by atoms with van der Waals surface area (Å²) in [5.74, 6) is -0.377. The Labute approximate surface area is 123 Å². The highest BCUT2D eigenvalue weighted by Crippen LogP contribution is 2.23. The van der Waals surface area contributed by atoms with Crippen molar-refractivity contribution >= 4 is 33.2 Å². The van der Waals surface area contributed by atoms with E-state index < -0.39 is 4.92 Å². The van der Waals surface area contributed by atoms with Gasteiger partial charge in [-0.15, -0.1) is 0 Å². The number of rotatable bonds is 3. The fraction of sp³-hybridized carbons (Fsp3) is 0.0714. The number of benzene rings is 2. The molecule has 0 fully saturated rings. The Morgan fingerprint density at radius 1 is 1.25 bits per heavy atom. The maximum absolute atomic E-state index is 12.2. The minimum absolute atomic E-state index is 0.104. The van der Waals surface area contributed by atoms with Crippen LogP contribution in [0.1, 0.15) is 15.9 Å². The van der Waals surface area contributed by atoms with Crippen molar-refractivity contribution < 1.29 is 9.72 Å². The van der Waals surface area contributed by atoms with Gasteiger partial charge in [-0.2, -0.15) is 0 Å². The third-order valence-corrected chi connectivity index (χ3v) is 3.49. The number of non-ortho nitro benzene ring substituents is 1. The van der Waals surface area contributed by atoms with Crippen molar-refractivity contribution in [2.24, 2.45) is 0 Å². The summed E-state index contributed by atoms with van der Waals surface area (Å²) in [6, 6.07) is 11.4. The van der Waals surface area contributed by atoms with Gasteiger partial charge < -0.3 is 5.32 Å². The lowest BCUT2D eigenvalue weighted by molar-refractivity contribution is -0.384. The number of para-hydroxylation sites is 1. The lowest BCUT2D eigenvalue weighted by Gasteiger charge is -2.09. The number of nitrogens with one attached hydrogen (secondary N) is 1. The van der Waals surface area contributed by atoms with E-state index in [1.165, 1.54) is 12.1 Å². The van der Waals surface area contributed by atoms with Crippen molar-refractivity contribution in [1.29, 1.82) is 0 Å². The van der Waals surface area contributed by atoms with E-state index in [0.717, 1.165) is 4.47 Å². The first kappa shape index (κ1) is 14.2. The van der Waals surface area contributed by atoms with E-state index >= 15 is 0 Å². The normalized spacial score (nSPS) is 10.1. The zero-order valence-electron chi connectivity index (χ0n) is 10.6. The van der Waals surface area contributed by atoms with E-state index in [1.807, 2.05) is 6.07 Å². The lowest BCUT2D eigenvalue weighted by atomic mass is 10.1. The van der Waals surface area contributed by atoms with Crippen LogP contribution in [-0.4, -0.2) is 10.8 Å². The van der Waals surface area contributed by atoms with Crippen molar-refractivity contribution in [3.8, 4) is 0 Å². The van der Waals surface area contributed by atoms with Gasteiger partial charge in [-0.1, -0.05) is 18.2 Å². The number of nitro groups is 1. The van der Waals surface area contributed by atoms with Gasteiger partial charge in [0, 0.05) is 22.2 Å². The second kappa shape index (κ2) is 5.83. The lowest BCUT2D eigenvalue weighted by Crippen LogP contribution is -2.14. The van der Waals surface area contributed by atoms with Crippen molar-refractivity contribution in [3.05, 3.63) is 68.2 Å². The van der Waals surface area contributed by atoms with E-state index in [4.69, 9.17) is 0 Å². The topological polar surface area (TPSA) is 72.2 Å². The molecule has 5 nitrogen and oxygen atoms in total. The van der Waals surface area contributed by atoms with Gasteiger partial charge in [-0.25, -0.2) is 0 Å². The Hall–Kier alpha value is -2.21. The van der Waals surface area contributed by atoms with Crippen LogP contribution in [0.4, 0.5) is 11.4 Å². The van der Waals surface area contributed by atoms with E-state index in [-0.39, 0.29) is 17.2 Å². The number of nitro benzene ring substituents is 1. The molecule has 0 heterocycles. The average molecular weight is 335 g/mol. The molecule has 0 atom stereocenters. The third-order valence-electron chi connectivity index (χ3n) is 2.80. The molecule has 0 aliphatic rings. The molecule has 0 bridgehead atoms. The summed E-state index contributed by atoms with van der Waals surface area (Å²) < 4.78 is 0.747. The maximum Gasteiger partial charge on any atom is 0.270 e. The van der Waals surface area contributed by atoms with Crippen molar-refractivity contribution in [2.75, 3.05) is 5.32 Å². The first-order valence-corrected chi connectivity index (χ1v) is 6.59. The van der Waals surface area contributed by atoms with Gasteiger partial charge in [0.15, 0.2) is 0 Å². The standard InChI is InChI=1S/C14H11BrN2O3/c1-9-6-7-10(17(19)20)8-11(9)14(18)16-13-5-3-2-4-12(13)15/h2-8H,1H3,(H,16,18). The average Bonchev–Trinajstić information content (AvgIpc) is 2.41. The Balaban J connectivity index is 2.32. The largest absolute Gasteiger partial charge is 0.321 e. The number of carbonyl (C=O) groups excluding carboxylic acids is 1. The van der Waals surface area contributed by atoms with Crippen LogP contribution in [-0.2, 0) is 0 Å². The van der Waals surface area contributed by atoms with E-state index in [9.17, 15) is 14.9 Å². The second-order valence-corrected chi connectivity index (χ2v) is 5.04. The number of amides is 1. The SMILES string of the molecule is Cc1ccc([N+](=O)[O-])cc1C(=O)Nc1ccccc1Br. The Kier molecular flexibility index (Phi) is 4.14. The predicted molar refractivity (Wildman–Crippen MR) is 79.9 cm³/mol. The maximum atomic E-state index is 12.2. The number of halogens is 1. The van der Waals surface area contributed by atoms with E-state index in [1.54, 1.807) is 31.2 Å². The quantitative estimate of drug-likeness (QED) is 0.683. The van der Waals surface area contributed by atoms with Gasteiger partial charge in [0.25, 0.3) is 11.6 Å². The summed E-state index contributed by atoms with van der Waals surface area (Å²) >= 11 is 3.33. The molecule has 2 rings (SSSR count). The predicted octanol–water partition coefficient (Wildman–Crippen LogP) is 3.92. The summed E-state index contributed by atoms with van der Waals surface area (Å²) in [4.78, 5) is 22.5. The minimum atomic E-state index is -0.519. The smallest absolute Gasteiger partial charge is 0.270 e. The zero-order valence-corrected chi connectivity index (χ0v) is 12.2. The van der Waals surface area contributed by atoms with Crippen molar-refractivity contribution in [2.45, 2.75) is 6.92 Å². The molecular weight excluding hydrogens is 324 g/mol. The molecule has 0 spiro atoms. The Morgan fingerprint density at radius 2 is 1.95 bits per heavy atom. The van der Waals surface area contributed by atoms with Crippen LogP contribution in [0.25, 0.3) is 0 Å². The number of nitrogens with zero attached hydrogens (tertiary/aromatic N) is 1. The van der Waals surface area contributed by atoms with Gasteiger partial charge in [0.2, 0.25) is 0 Å². The van der Waals surface area contributed by atoms with Crippen LogP contribution < -0.4 is 5.32 Å². The van der Waals surface area contributed by atoms with E-state index in [2.05, 4.69) is 21.2 Å². The molecule has 0 unspecified atom stereocenters. The van der Waals surface area contributed by atoms with Gasteiger partial charge in [-0.3, -0.25) is 14.9 Å². The molecular formula is C14H11BrN2O3. The van der Waals surface area contributed by atoms with Crippen molar-refractivity contribution in [3.63, 3.8) is 0 Å². The van der Waals surface area contributed by atoms with Crippen LogP contribution >= 0.6 is 15.9 Å². The van der Waals surface area contributed by atoms with Crippen LogP contribution in [0.2, 0.25) is 0 Å². The summed E-state index contributed by atoms with van der Waals surface area (Å²) in [5, 5.41) is 13.5. The van der Waals surface area contributed by atoms with Crippen LogP contribution in [0.3, 0.4) is 0 Å². The highest BCUT2D eigenvalue weighted by atomic mass is 79.9. The highest BCUT2D eigenvalue weighted by molar-refractivity contribution is 9.10. The molecule has 1 amide bonds. The highest BCUT2D eigenvalue weighted by Gasteiger charge is 2.15. The minimum Gasteiger partial charge on any atom is -0.321 e. The first-order chi connectivity index (χ1) is 9.49. The fourth-order valence-electron chi connectivity index (χ4n) is 1.72. The third kappa shape index (κ3) is 3.03. The molecule has 1 N–H and O–H groups in total. The second-order valence-electron chi connectivity index (χ2n) is 4.19. The Bertz CT molecular complexity index is 686. The van der Waals surface area contributed by atoms with Gasteiger partial charge in [-0.05, 0) is 40.5 Å². The molecule has 0 radical (unpaired) electrons. The first-order valence-electron chi connectivity index (χ1n) is 5.80. The molecule has 6 heteroatoms. The van der Waals surface area contributed by atoms with Gasteiger partial charge in [0.1, 0.15) is 0 Å². The summed E-state index contributed by atoms with van der Waals surface area (Å²) in [6.07, 6.45) is 0. The summed E-state index contributed by atoms with van der Waals surface area (Å²) in [5.41, 5.74) is 1.48. The monoisotopic (exact) mass is 334 g/mol. The van der Waals surface area contributed by atoms with Crippen molar-refractivity contribution in [1.82, 2.24) is 0 Å². The fourth-order valence-corrected chi connectivity index (χ4v) is 2.10. The van der Waals surface area contributed by atoms with Crippen LogP contribution in [0.5, 0.6) is 0 Å². The molecule has 2 aromatic carbocycles. The Morgan fingerprint density at radius 3 is 2.60 bits per heavy atom.